The van der Waals surface area contributed by atoms with Gasteiger partial charge in [0.1, 0.15) is 12.4 Å². The highest BCUT2D eigenvalue weighted by Gasteiger charge is 2.15. The van der Waals surface area contributed by atoms with Crippen molar-refractivity contribution in [3.8, 4) is 11.8 Å². The van der Waals surface area contributed by atoms with E-state index in [1.807, 2.05) is 6.07 Å². The molecule has 0 aromatic heterocycles. The fourth-order valence-corrected chi connectivity index (χ4v) is 2.58. The third-order valence-corrected chi connectivity index (χ3v) is 3.97. The molecular formula is C19H16BrNO4. The lowest BCUT2D eigenvalue weighted by Gasteiger charge is -2.08. The Morgan fingerprint density at radius 2 is 1.96 bits per heavy atom. The molecular weight excluding hydrogens is 386 g/mol. The zero-order valence-corrected chi connectivity index (χ0v) is 15.2. The van der Waals surface area contributed by atoms with Crippen molar-refractivity contribution in [2.45, 2.75) is 19.4 Å². The molecule has 0 saturated carbocycles. The van der Waals surface area contributed by atoms with Crippen molar-refractivity contribution in [2.24, 2.45) is 0 Å². The first-order chi connectivity index (χ1) is 12.0. The van der Waals surface area contributed by atoms with Crippen LogP contribution in [0.4, 0.5) is 0 Å². The number of carbonyl (C=O) groups excluding carboxylic acids is 2. The molecule has 128 valence electrons. The number of esters is 1. The van der Waals surface area contributed by atoms with Gasteiger partial charge in [-0.2, -0.15) is 5.26 Å². The summed E-state index contributed by atoms with van der Waals surface area (Å²) >= 11 is 3.31. The first-order valence-electron chi connectivity index (χ1n) is 7.55. The van der Waals surface area contributed by atoms with Crippen LogP contribution in [0, 0.1) is 11.3 Å². The molecule has 0 fully saturated rings. The van der Waals surface area contributed by atoms with Gasteiger partial charge in [0, 0.05) is 10.9 Å². The Morgan fingerprint density at radius 1 is 1.16 bits per heavy atom. The Kier molecular flexibility index (Phi) is 6.72. The van der Waals surface area contributed by atoms with E-state index in [0.29, 0.717) is 16.9 Å². The molecule has 0 aliphatic carbocycles. The van der Waals surface area contributed by atoms with Crippen LogP contribution in [0.5, 0.6) is 5.75 Å². The quantitative estimate of drug-likeness (QED) is 0.516. The number of ketones is 1. The van der Waals surface area contributed by atoms with E-state index in [9.17, 15) is 9.59 Å². The standard InChI is InChI=1S/C19H16BrNO4/c1-24-18-7-5-15(20)10-16(18)17(22)6-8-19(23)25-12-14-4-2-3-13(9-14)11-21/h2-5,7,9-10H,6,8,12H2,1H3. The van der Waals surface area contributed by atoms with Gasteiger partial charge in [-0.15, -0.1) is 0 Å². The number of nitriles is 1. The average molecular weight is 402 g/mol. The highest BCUT2D eigenvalue weighted by atomic mass is 79.9. The highest BCUT2D eigenvalue weighted by molar-refractivity contribution is 9.10. The van der Waals surface area contributed by atoms with Crippen LogP contribution in [-0.4, -0.2) is 18.9 Å². The lowest BCUT2D eigenvalue weighted by molar-refractivity contribution is -0.144. The summed E-state index contributed by atoms with van der Waals surface area (Å²) in [5.74, 6) is -0.193. The van der Waals surface area contributed by atoms with Gasteiger partial charge in [-0.1, -0.05) is 28.1 Å². The Balaban J connectivity index is 1.88. The monoisotopic (exact) mass is 401 g/mol. The van der Waals surface area contributed by atoms with Gasteiger partial charge in [0.15, 0.2) is 5.78 Å². The normalized spacial score (nSPS) is 9.96. The van der Waals surface area contributed by atoms with E-state index in [4.69, 9.17) is 14.7 Å². The van der Waals surface area contributed by atoms with Crippen LogP contribution in [0.15, 0.2) is 46.9 Å². The molecule has 0 heterocycles. The van der Waals surface area contributed by atoms with Crippen LogP contribution in [0.2, 0.25) is 0 Å². The van der Waals surface area contributed by atoms with E-state index in [0.717, 1.165) is 10.0 Å². The number of ether oxygens (including phenoxy) is 2. The summed E-state index contributed by atoms with van der Waals surface area (Å²) in [4.78, 5) is 24.1. The summed E-state index contributed by atoms with van der Waals surface area (Å²) in [6.07, 6.45) is 0.0102. The molecule has 0 radical (unpaired) electrons. The van der Waals surface area contributed by atoms with E-state index in [-0.39, 0.29) is 25.2 Å². The number of rotatable bonds is 7. The first-order valence-corrected chi connectivity index (χ1v) is 8.34. The number of nitrogens with zero attached hydrogens (tertiary/aromatic N) is 1. The van der Waals surface area contributed by atoms with Crippen molar-refractivity contribution in [1.82, 2.24) is 0 Å². The SMILES string of the molecule is COc1ccc(Br)cc1C(=O)CCC(=O)OCc1cccc(C#N)c1. The second-order valence-corrected chi connectivity index (χ2v) is 6.16. The molecule has 0 unspecified atom stereocenters. The number of hydrogen-bond donors (Lipinski definition) is 0. The molecule has 2 rings (SSSR count). The van der Waals surface area contributed by atoms with Crippen LogP contribution < -0.4 is 4.74 Å². The topological polar surface area (TPSA) is 76.4 Å². The van der Waals surface area contributed by atoms with E-state index in [1.165, 1.54) is 7.11 Å². The third kappa shape index (κ3) is 5.44. The van der Waals surface area contributed by atoms with E-state index in [2.05, 4.69) is 15.9 Å². The average Bonchev–Trinajstić information content (AvgIpc) is 2.64. The summed E-state index contributed by atoms with van der Waals surface area (Å²) in [5.41, 5.74) is 1.66. The summed E-state index contributed by atoms with van der Waals surface area (Å²) in [6.45, 7) is 0.0722. The molecule has 0 N–H and O–H groups in total. The van der Waals surface area contributed by atoms with Crippen molar-refractivity contribution in [2.75, 3.05) is 7.11 Å². The molecule has 2 aromatic carbocycles. The summed E-state index contributed by atoms with van der Waals surface area (Å²) in [6, 6.07) is 14.0. The number of Topliss-reactive ketones (excluding diaryl/α,β-unsaturated/α-hetero) is 1. The van der Waals surface area contributed by atoms with Crippen LogP contribution in [0.25, 0.3) is 0 Å². The smallest absolute Gasteiger partial charge is 0.306 e. The maximum atomic E-state index is 12.3. The number of hydrogen-bond acceptors (Lipinski definition) is 5. The fourth-order valence-electron chi connectivity index (χ4n) is 2.22. The lowest BCUT2D eigenvalue weighted by Crippen LogP contribution is -2.09. The van der Waals surface area contributed by atoms with E-state index in [1.54, 1.807) is 42.5 Å². The van der Waals surface area contributed by atoms with Gasteiger partial charge in [0.2, 0.25) is 0 Å². The molecule has 0 spiro atoms. The molecule has 0 aliphatic rings. The zero-order chi connectivity index (χ0) is 18.2. The van der Waals surface area contributed by atoms with Gasteiger partial charge in [-0.25, -0.2) is 0 Å². The maximum Gasteiger partial charge on any atom is 0.306 e. The largest absolute Gasteiger partial charge is 0.496 e. The van der Waals surface area contributed by atoms with Crippen molar-refractivity contribution >= 4 is 27.7 Å². The molecule has 0 amide bonds. The minimum atomic E-state index is -0.468. The fraction of sp³-hybridized carbons (Fsp3) is 0.211. The van der Waals surface area contributed by atoms with Gasteiger partial charge < -0.3 is 9.47 Å². The molecule has 5 nitrogen and oxygen atoms in total. The van der Waals surface area contributed by atoms with Crippen molar-refractivity contribution in [3.05, 3.63) is 63.6 Å². The van der Waals surface area contributed by atoms with Crippen LogP contribution in [0.3, 0.4) is 0 Å². The third-order valence-electron chi connectivity index (χ3n) is 3.47. The second kappa shape index (κ2) is 9.00. The molecule has 6 heteroatoms. The summed E-state index contributed by atoms with van der Waals surface area (Å²) < 4.78 is 11.1. The molecule has 0 saturated heterocycles. The zero-order valence-electron chi connectivity index (χ0n) is 13.6. The van der Waals surface area contributed by atoms with Gasteiger partial charge in [-0.3, -0.25) is 9.59 Å². The number of methoxy groups -OCH3 is 1. The summed E-state index contributed by atoms with van der Waals surface area (Å²) in [7, 11) is 1.49. The molecule has 0 aliphatic heterocycles. The predicted octanol–water partition coefficient (Wildman–Crippen LogP) is 4.04. The maximum absolute atomic E-state index is 12.3. The van der Waals surface area contributed by atoms with Crippen molar-refractivity contribution in [1.29, 1.82) is 5.26 Å². The Hall–Kier alpha value is -2.65. The summed E-state index contributed by atoms with van der Waals surface area (Å²) in [5, 5.41) is 8.85. The van der Waals surface area contributed by atoms with E-state index < -0.39 is 5.97 Å². The first kappa shape index (κ1) is 18.7. The molecule has 0 bridgehead atoms. The van der Waals surface area contributed by atoms with Gasteiger partial charge in [0.25, 0.3) is 0 Å². The minimum Gasteiger partial charge on any atom is -0.496 e. The van der Waals surface area contributed by atoms with Crippen molar-refractivity contribution in [3.63, 3.8) is 0 Å². The predicted molar refractivity (Wildman–Crippen MR) is 95.2 cm³/mol. The minimum absolute atomic E-state index is 0.0214. The lowest BCUT2D eigenvalue weighted by atomic mass is 10.1. The van der Waals surface area contributed by atoms with E-state index >= 15 is 0 Å². The van der Waals surface area contributed by atoms with Gasteiger partial charge >= 0.3 is 5.97 Å². The molecule has 2 aromatic rings. The molecule has 25 heavy (non-hydrogen) atoms. The number of halogens is 1. The second-order valence-electron chi connectivity index (χ2n) is 5.24. The highest BCUT2D eigenvalue weighted by Crippen LogP contribution is 2.24. The van der Waals surface area contributed by atoms with Crippen LogP contribution >= 0.6 is 15.9 Å². The Morgan fingerprint density at radius 3 is 2.68 bits per heavy atom. The molecule has 0 atom stereocenters. The van der Waals surface area contributed by atoms with Gasteiger partial charge in [-0.05, 0) is 35.9 Å². The number of carbonyl (C=O) groups is 2. The Bertz CT molecular complexity index is 826. The van der Waals surface area contributed by atoms with Gasteiger partial charge in [0.05, 0.1) is 30.7 Å². The van der Waals surface area contributed by atoms with Crippen LogP contribution in [0.1, 0.15) is 34.3 Å². The Labute approximate surface area is 154 Å². The van der Waals surface area contributed by atoms with Crippen LogP contribution in [-0.2, 0) is 16.1 Å². The van der Waals surface area contributed by atoms with Crippen molar-refractivity contribution < 1.29 is 19.1 Å². The number of benzene rings is 2.